The maximum Gasteiger partial charge on any atom is 0.118 e. The molecule has 0 saturated carbocycles. The zero-order chi connectivity index (χ0) is 7.98. The molecule has 0 aromatic heterocycles. The smallest absolute Gasteiger partial charge is 0.118 e. The monoisotopic (exact) mass is 140 g/mol. The van der Waals surface area contributed by atoms with Crippen molar-refractivity contribution >= 4 is 0 Å². The summed E-state index contributed by atoms with van der Waals surface area (Å²) in [6.45, 7) is 8.60. The van der Waals surface area contributed by atoms with Gasteiger partial charge in [-0.25, -0.2) is 4.39 Å². The topological polar surface area (TPSA) is 0 Å². The van der Waals surface area contributed by atoms with Gasteiger partial charge in [0.05, 0.1) is 0 Å². The predicted octanol–water partition coefficient (Wildman–Crippen LogP) is 3.38. The van der Waals surface area contributed by atoms with Crippen molar-refractivity contribution in [3.63, 3.8) is 0 Å². The highest BCUT2D eigenvalue weighted by Crippen LogP contribution is 2.12. The fraction of sp³-hybridized carbons (Fsp3) is 0.333. The standard InChI is InChI=1S/C9H13F/c1-4-5-6-7-8(2)9(3)10/h4-5H,2-3,6-7H2,1H3/b5-4+. The Hall–Kier alpha value is -0.850. The molecular weight excluding hydrogens is 127 g/mol. The summed E-state index contributed by atoms with van der Waals surface area (Å²) in [4.78, 5) is 0. The lowest BCUT2D eigenvalue weighted by molar-refractivity contribution is 0.644. The molecule has 0 saturated heterocycles. The van der Waals surface area contributed by atoms with E-state index in [1.165, 1.54) is 0 Å². The highest BCUT2D eigenvalue weighted by Gasteiger charge is 1.94. The first-order chi connectivity index (χ1) is 4.68. The Morgan fingerprint density at radius 3 is 2.50 bits per heavy atom. The number of allylic oxidation sites excluding steroid dienone is 4. The Labute approximate surface area is 61.8 Å². The van der Waals surface area contributed by atoms with E-state index in [2.05, 4.69) is 13.2 Å². The largest absolute Gasteiger partial charge is 0.207 e. The van der Waals surface area contributed by atoms with Gasteiger partial charge in [-0.3, -0.25) is 0 Å². The molecule has 0 aliphatic heterocycles. The van der Waals surface area contributed by atoms with Gasteiger partial charge in [0, 0.05) is 0 Å². The average molecular weight is 140 g/mol. The van der Waals surface area contributed by atoms with Crippen LogP contribution in [-0.4, -0.2) is 0 Å². The van der Waals surface area contributed by atoms with Crippen molar-refractivity contribution in [3.05, 3.63) is 36.7 Å². The number of hydrogen-bond acceptors (Lipinski definition) is 0. The van der Waals surface area contributed by atoms with Gasteiger partial charge < -0.3 is 0 Å². The first-order valence-corrected chi connectivity index (χ1v) is 3.32. The van der Waals surface area contributed by atoms with E-state index < -0.39 is 5.83 Å². The molecule has 0 spiro atoms. The van der Waals surface area contributed by atoms with Crippen molar-refractivity contribution in [2.45, 2.75) is 19.8 Å². The SMILES string of the molecule is C=C(F)C(=C)CC/C=C/C. The molecule has 0 aliphatic rings. The highest BCUT2D eigenvalue weighted by molar-refractivity contribution is 5.18. The van der Waals surface area contributed by atoms with Crippen LogP contribution in [0, 0.1) is 0 Å². The van der Waals surface area contributed by atoms with Gasteiger partial charge in [-0.1, -0.05) is 25.3 Å². The van der Waals surface area contributed by atoms with Gasteiger partial charge in [-0.2, -0.15) is 0 Å². The van der Waals surface area contributed by atoms with Crippen molar-refractivity contribution in [2.24, 2.45) is 0 Å². The zero-order valence-electron chi connectivity index (χ0n) is 6.36. The van der Waals surface area contributed by atoms with Crippen LogP contribution in [0.1, 0.15) is 19.8 Å². The van der Waals surface area contributed by atoms with Gasteiger partial charge >= 0.3 is 0 Å². The van der Waals surface area contributed by atoms with Gasteiger partial charge in [0.2, 0.25) is 0 Å². The first-order valence-electron chi connectivity index (χ1n) is 3.32. The molecule has 0 amide bonds. The number of rotatable bonds is 4. The van der Waals surface area contributed by atoms with Crippen molar-refractivity contribution in [1.29, 1.82) is 0 Å². The fourth-order valence-corrected chi connectivity index (χ4v) is 0.560. The van der Waals surface area contributed by atoms with Crippen LogP contribution in [0.2, 0.25) is 0 Å². The van der Waals surface area contributed by atoms with Crippen LogP contribution in [-0.2, 0) is 0 Å². The quantitative estimate of drug-likeness (QED) is 0.415. The molecule has 0 aromatic carbocycles. The molecule has 0 atom stereocenters. The maximum atomic E-state index is 12.2. The van der Waals surface area contributed by atoms with Crippen molar-refractivity contribution < 1.29 is 4.39 Å². The van der Waals surface area contributed by atoms with Crippen LogP contribution in [0.3, 0.4) is 0 Å². The Bertz CT molecular complexity index is 154. The Morgan fingerprint density at radius 2 is 2.10 bits per heavy atom. The lowest BCUT2D eigenvalue weighted by atomic mass is 10.1. The third kappa shape index (κ3) is 4.07. The Balaban J connectivity index is 3.50. The van der Waals surface area contributed by atoms with Gasteiger partial charge in [0.25, 0.3) is 0 Å². The Morgan fingerprint density at radius 1 is 1.50 bits per heavy atom. The minimum absolute atomic E-state index is 0.399. The zero-order valence-corrected chi connectivity index (χ0v) is 6.36. The van der Waals surface area contributed by atoms with Crippen molar-refractivity contribution in [2.75, 3.05) is 0 Å². The predicted molar refractivity (Wildman–Crippen MR) is 43.4 cm³/mol. The van der Waals surface area contributed by atoms with Crippen LogP contribution in [0.25, 0.3) is 0 Å². The van der Waals surface area contributed by atoms with E-state index in [1.54, 1.807) is 0 Å². The third-order valence-electron chi connectivity index (χ3n) is 1.23. The molecular formula is C9H13F. The highest BCUT2D eigenvalue weighted by atomic mass is 19.1. The van der Waals surface area contributed by atoms with Gasteiger partial charge in [0.15, 0.2) is 0 Å². The average Bonchev–Trinajstić information content (AvgIpc) is 1.88. The molecule has 0 nitrogen and oxygen atoms in total. The second-order valence-corrected chi connectivity index (χ2v) is 2.12. The maximum absolute atomic E-state index is 12.2. The lowest BCUT2D eigenvalue weighted by Crippen LogP contribution is -1.78. The van der Waals surface area contributed by atoms with E-state index in [-0.39, 0.29) is 0 Å². The van der Waals surface area contributed by atoms with Crippen LogP contribution in [0.4, 0.5) is 4.39 Å². The van der Waals surface area contributed by atoms with Crippen LogP contribution < -0.4 is 0 Å². The van der Waals surface area contributed by atoms with E-state index in [0.29, 0.717) is 12.0 Å². The summed E-state index contributed by atoms with van der Waals surface area (Å²) in [6.07, 6.45) is 5.43. The second-order valence-electron chi connectivity index (χ2n) is 2.12. The number of hydrogen-bond donors (Lipinski definition) is 0. The molecule has 0 aliphatic carbocycles. The van der Waals surface area contributed by atoms with Gasteiger partial charge in [-0.05, 0) is 25.3 Å². The fourth-order valence-electron chi connectivity index (χ4n) is 0.560. The molecule has 0 unspecified atom stereocenters. The molecule has 1 heteroatoms. The molecule has 0 N–H and O–H groups in total. The molecule has 0 aromatic rings. The van der Waals surface area contributed by atoms with Crippen LogP contribution in [0.5, 0.6) is 0 Å². The molecule has 10 heavy (non-hydrogen) atoms. The van der Waals surface area contributed by atoms with Gasteiger partial charge in [0.1, 0.15) is 5.83 Å². The number of halogens is 1. The minimum atomic E-state index is -0.399. The van der Waals surface area contributed by atoms with Crippen molar-refractivity contribution in [1.82, 2.24) is 0 Å². The van der Waals surface area contributed by atoms with Gasteiger partial charge in [-0.15, -0.1) is 0 Å². The molecule has 0 heterocycles. The second kappa shape index (κ2) is 4.98. The van der Waals surface area contributed by atoms with E-state index in [4.69, 9.17) is 0 Å². The Kier molecular flexibility index (Phi) is 4.55. The van der Waals surface area contributed by atoms with E-state index in [9.17, 15) is 4.39 Å². The van der Waals surface area contributed by atoms with Crippen molar-refractivity contribution in [3.8, 4) is 0 Å². The summed E-state index contributed by atoms with van der Waals surface area (Å²) < 4.78 is 12.2. The molecule has 0 rings (SSSR count). The van der Waals surface area contributed by atoms with Crippen LogP contribution in [0.15, 0.2) is 36.7 Å². The molecule has 0 radical (unpaired) electrons. The summed E-state index contributed by atoms with van der Waals surface area (Å²) in [5.41, 5.74) is 0.498. The first kappa shape index (κ1) is 9.15. The van der Waals surface area contributed by atoms with E-state index in [0.717, 1.165) is 6.42 Å². The summed E-state index contributed by atoms with van der Waals surface area (Å²) >= 11 is 0. The minimum Gasteiger partial charge on any atom is -0.207 e. The van der Waals surface area contributed by atoms with E-state index >= 15 is 0 Å². The summed E-state index contributed by atoms with van der Waals surface area (Å²) in [6, 6.07) is 0. The normalized spacial score (nSPS) is 10.2. The van der Waals surface area contributed by atoms with Crippen LogP contribution >= 0.6 is 0 Å². The summed E-state index contributed by atoms with van der Waals surface area (Å²) in [5.74, 6) is -0.399. The molecule has 0 fully saturated rings. The lowest BCUT2D eigenvalue weighted by Gasteiger charge is -1.96. The third-order valence-corrected chi connectivity index (χ3v) is 1.23. The summed E-state index contributed by atoms with van der Waals surface area (Å²) in [5, 5.41) is 0. The van der Waals surface area contributed by atoms with E-state index in [1.807, 2.05) is 19.1 Å². The summed E-state index contributed by atoms with van der Waals surface area (Å²) in [7, 11) is 0. The molecule has 56 valence electrons. The molecule has 0 bridgehead atoms.